The Balaban J connectivity index is 1.17. The molecule has 2 aromatic carbocycles. The summed E-state index contributed by atoms with van der Waals surface area (Å²) in [4.78, 5) is 26.8. The largest absolute Gasteiger partial charge is 0.495 e. The van der Waals surface area contributed by atoms with Crippen molar-refractivity contribution in [2.45, 2.75) is 32.7 Å². The maximum Gasteiger partial charge on any atom is 0.246 e. The van der Waals surface area contributed by atoms with Gasteiger partial charge in [-0.05, 0) is 51.0 Å². The van der Waals surface area contributed by atoms with E-state index in [0.29, 0.717) is 41.2 Å². The van der Waals surface area contributed by atoms with E-state index in [2.05, 4.69) is 30.7 Å². The predicted molar refractivity (Wildman–Crippen MR) is 170 cm³/mol. The summed E-state index contributed by atoms with van der Waals surface area (Å²) in [7, 11) is 1.59. The van der Waals surface area contributed by atoms with Crippen LogP contribution in [0.25, 0.3) is 16.6 Å². The van der Waals surface area contributed by atoms with Gasteiger partial charge in [-0.25, -0.2) is 23.4 Å². The van der Waals surface area contributed by atoms with Crippen LogP contribution >= 0.6 is 0 Å². The Bertz CT molecular complexity index is 1920. The molecule has 5 aromatic rings. The molecule has 0 atom stereocenters. The first-order valence-electron chi connectivity index (χ1n) is 14.7. The average molecular weight is 627 g/mol. The highest BCUT2D eigenvalue weighted by Gasteiger charge is 2.23. The van der Waals surface area contributed by atoms with Crippen molar-refractivity contribution in [1.29, 1.82) is 0 Å². The Kier molecular flexibility index (Phi) is 8.72. The minimum atomic E-state index is -0.570. The standard InChI is InChI=1S/C33H32F2N8O3/c1-4-5-32(44)42-11-8-21(9-12-42)39-29-16-24-28(17-30(29)45-3)37-19-38-33(24)40-27-7-6-23(15-26(27)35)46-31-10-13-43(41-31)22-14-25(34)20(2)36-18-22/h4-7,10,13-19,21,39H,8-9,11-12H2,1-3H3,(H,37,38,40)/b5-4+. The van der Waals surface area contributed by atoms with Gasteiger partial charge in [-0.2, -0.15) is 0 Å². The Hall–Kier alpha value is -5.59. The second kappa shape index (κ2) is 13.2. The highest BCUT2D eigenvalue weighted by Crippen LogP contribution is 2.35. The number of hydrogen-bond donors (Lipinski definition) is 2. The molecular formula is C33H32F2N8O3. The number of pyridine rings is 1. The smallest absolute Gasteiger partial charge is 0.246 e. The van der Waals surface area contributed by atoms with E-state index in [1.807, 2.05) is 24.0 Å². The molecular weight excluding hydrogens is 594 g/mol. The molecule has 0 saturated carbocycles. The SMILES string of the molecule is C/C=C/C(=O)N1CCC(Nc2cc3c(Nc4ccc(Oc5ccn(-c6cnc(C)c(F)c6)n5)cc4F)ncnc3cc2OC)CC1. The molecule has 236 valence electrons. The summed E-state index contributed by atoms with van der Waals surface area (Å²) in [6.45, 7) is 4.71. The number of ether oxygens (including phenoxy) is 2. The van der Waals surface area contributed by atoms with Gasteiger partial charge in [0.1, 0.15) is 35.3 Å². The molecule has 4 heterocycles. The maximum absolute atomic E-state index is 15.3. The topological polar surface area (TPSA) is 119 Å². The molecule has 11 nitrogen and oxygen atoms in total. The number of carbonyl (C=O) groups is 1. The van der Waals surface area contributed by atoms with E-state index < -0.39 is 11.6 Å². The second-order valence-corrected chi connectivity index (χ2v) is 10.8. The summed E-state index contributed by atoms with van der Waals surface area (Å²) in [6.07, 6.45) is 9.39. The number of carbonyl (C=O) groups excluding carboxylic acids is 1. The molecule has 1 aliphatic rings. The number of rotatable bonds is 9. The lowest BCUT2D eigenvalue weighted by Gasteiger charge is -2.32. The van der Waals surface area contributed by atoms with Crippen molar-refractivity contribution < 1.29 is 23.0 Å². The Morgan fingerprint density at radius 1 is 1.02 bits per heavy atom. The number of likely N-dealkylation sites (tertiary alicyclic amines) is 1. The van der Waals surface area contributed by atoms with Crippen LogP contribution in [0.5, 0.6) is 17.4 Å². The normalized spacial score (nSPS) is 13.7. The lowest BCUT2D eigenvalue weighted by Crippen LogP contribution is -2.41. The molecule has 1 fully saturated rings. The van der Waals surface area contributed by atoms with Gasteiger partial charge in [-0.15, -0.1) is 5.10 Å². The third-order valence-electron chi connectivity index (χ3n) is 7.69. The third kappa shape index (κ3) is 6.58. The van der Waals surface area contributed by atoms with Gasteiger partial charge in [0.05, 0.1) is 41.6 Å². The molecule has 0 aliphatic carbocycles. The van der Waals surface area contributed by atoms with Crippen LogP contribution in [0.4, 0.5) is 26.0 Å². The van der Waals surface area contributed by atoms with Gasteiger partial charge in [0.25, 0.3) is 0 Å². The van der Waals surface area contributed by atoms with Gasteiger partial charge in [-0.1, -0.05) is 6.08 Å². The van der Waals surface area contributed by atoms with Crippen LogP contribution in [0.15, 0.2) is 73.3 Å². The molecule has 46 heavy (non-hydrogen) atoms. The summed E-state index contributed by atoms with van der Waals surface area (Å²) in [5, 5.41) is 11.6. The molecule has 0 bridgehead atoms. The summed E-state index contributed by atoms with van der Waals surface area (Å²) in [5.41, 5.74) is 2.27. The second-order valence-electron chi connectivity index (χ2n) is 10.8. The van der Waals surface area contributed by atoms with Gasteiger partial charge in [0.15, 0.2) is 0 Å². The van der Waals surface area contributed by atoms with Crippen LogP contribution in [0, 0.1) is 18.6 Å². The number of aryl methyl sites for hydroxylation is 1. The molecule has 0 unspecified atom stereocenters. The van der Waals surface area contributed by atoms with Crippen molar-refractivity contribution in [3.63, 3.8) is 0 Å². The van der Waals surface area contributed by atoms with E-state index in [-0.39, 0.29) is 35.0 Å². The number of halogens is 2. The van der Waals surface area contributed by atoms with Crippen LogP contribution < -0.4 is 20.1 Å². The van der Waals surface area contributed by atoms with E-state index in [1.54, 1.807) is 50.6 Å². The highest BCUT2D eigenvalue weighted by molar-refractivity contribution is 5.95. The van der Waals surface area contributed by atoms with Crippen molar-refractivity contribution in [2.75, 3.05) is 30.8 Å². The summed E-state index contributed by atoms with van der Waals surface area (Å²) in [5.74, 6) is 0.457. The van der Waals surface area contributed by atoms with E-state index in [1.165, 1.54) is 29.3 Å². The first-order chi connectivity index (χ1) is 22.3. The molecule has 0 radical (unpaired) electrons. The number of aromatic nitrogens is 5. The number of benzene rings is 2. The quantitative estimate of drug-likeness (QED) is 0.181. The fraction of sp³-hybridized carbons (Fsp3) is 0.242. The van der Waals surface area contributed by atoms with Crippen LogP contribution in [-0.2, 0) is 4.79 Å². The van der Waals surface area contributed by atoms with Crippen molar-refractivity contribution in [1.82, 2.24) is 29.6 Å². The van der Waals surface area contributed by atoms with E-state index in [0.717, 1.165) is 18.5 Å². The Labute approximate surface area is 263 Å². The molecule has 1 amide bonds. The number of anilines is 3. The monoisotopic (exact) mass is 626 g/mol. The summed E-state index contributed by atoms with van der Waals surface area (Å²) >= 11 is 0. The molecule has 0 spiro atoms. The Morgan fingerprint density at radius 3 is 2.59 bits per heavy atom. The van der Waals surface area contributed by atoms with E-state index in [4.69, 9.17) is 9.47 Å². The molecule has 13 heteroatoms. The first-order valence-corrected chi connectivity index (χ1v) is 14.7. The number of amides is 1. The van der Waals surface area contributed by atoms with Gasteiger partial charge < -0.3 is 25.0 Å². The summed E-state index contributed by atoms with van der Waals surface area (Å²) in [6, 6.07) is 11.1. The minimum absolute atomic E-state index is 0.0217. The number of methoxy groups -OCH3 is 1. The zero-order valence-corrected chi connectivity index (χ0v) is 25.5. The number of allylic oxidation sites excluding steroid dienone is 1. The number of nitrogens with zero attached hydrogens (tertiary/aromatic N) is 6. The predicted octanol–water partition coefficient (Wildman–Crippen LogP) is 6.32. The van der Waals surface area contributed by atoms with Crippen LogP contribution in [-0.4, -0.2) is 61.8 Å². The molecule has 2 N–H and O–H groups in total. The third-order valence-corrected chi connectivity index (χ3v) is 7.69. The molecule has 3 aromatic heterocycles. The van der Waals surface area contributed by atoms with Crippen molar-refractivity contribution in [2.24, 2.45) is 0 Å². The number of hydrogen-bond acceptors (Lipinski definition) is 9. The first kappa shape index (κ1) is 30.4. The Morgan fingerprint density at radius 2 is 1.85 bits per heavy atom. The van der Waals surface area contributed by atoms with Gasteiger partial charge in [-0.3, -0.25) is 9.78 Å². The van der Waals surface area contributed by atoms with Gasteiger partial charge >= 0.3 is 0 Å². The van der Waals surface area contributed by atoms with Crippen LogP contribution in [0.3, 0.4) is 0 Å². The maximum atomic E-state index is 15.3. The lowest BCUT2D eigenvalue weighted by molar-refractivity contribution is -0.126. The highest BCUT2D eigenvalue weighted by atomic mass is 19.1. The fourth-order valence-corrected chi connectivity index (χ4v) is 5.21. The van der Waals surface area contributed by atoms with Crippen LogP contribution in [0.1, 0.15) is 25.5 Å². The number of fused-ring (bicyclic) bond motifs is 1. The average Bonchev–Trinajstić information content (AvgIpc) is 3.52. The molecule has 1 saturated heterocycles. The number of piperidine rings is 1. The molecule has 1 aliphatic heterocycles. The van der Waals surface area contributed by atoms with Gasteiger partial charge in [0.2, 0.25) is 11.8 Å². The zero-order valence-electron chi connectivity index (χ0n) is 25.5. The zero-order chi connectivity index (χ0) is 32.2. The van der Waals surface area contributed by atoms with E-state index in [9.17, 15) is 9.18 Å². The fourth-order valence-electron chi connectivity index (χ4n) is 5.21. The molecule has 6 rings (SSSR count). The van der Waals surface area contributed by atoms with Gasteiger partial charge in [0, 0.05) is 55.0 Å². The van der Waals surface area contributed by atoms with Crippen LogP contribution in [0.2, 0.25) is 0 Å². The lowest BCUT2D eigenvalue weighted by atomic mass is 10.0. The van der Waals surface area contributed by atoms with Crippen molar-refractivity contribution in [3.8, 4) is 23.1 Å². The van der Waals surface area contributed by atoms with Crippen molar-refractivity contribution in [3.05, 3.63) is 90.7 Å². The minimum Gasteiger partial charge on any atom is -0.495 e. The van der Waals surface area contributed by atoms with E-state index >= 15 is 4.39 Å². The summed E-state index contributed by atoms with van der Waals surface area (Å²) < 4.78 is 42.1. The van der Waals surface area contributed by atoms with Crippen molar-refractivity contribution >= 4 is 34.0 Å². The number of nitrogens with one attached hydrogen (secondary N) is 2.